The number of hydrogen-bond donors (Lipinski definition) is 1. The molecule has 2 atom stereocenters. The summed E-state index contributed by atoms with van der Waals surface area (Å²) in [5.41, 5.74) is 0.366. The summed E-state index contributed by atoms with van der Waals surface area (Å²) < 4.78 is 13.6. The second-order valence-electron chi connectivity index (χ2n) is 4.92. The summed E-state index contributed by atoms with van der Waals surface area (Å²) in [6.07, 6.45) is 3.44. The Morgan fingerprint density at radius 1 is 1.41 bits per heavy atom. The van der Waals surface area contributed by atoms with Gasteiger partial charge in [0, 0.05) is 12.6 Å². The lowest BCUT2D eigenvalue weighted by Gasteiger charge is -2.30. The first-order valence-corrected chi connectivity index (χ1v) is 5.95. The molecule has 1 aromatic rings. The van der Waals surface area contributed by atoms with Gasteiger partial charge in [-0.1, -0.05) is 6.07 Å². The van der Waals surface area contributed by atoms with Gasteiger partial charge in [-0.3, -0.25) is 0 Å². The van der Waals surface area contributed by atoms with Gasteiger partial charge in [0.15, 0.2) is 0 Å². The molecule has 0 spiro atoms. The van der Waals surface area contributed by atoms with Crippen LogP contribution >= 0.6 is 0 Å². The van der Waals surface area contributed by atoms with Gasteiger partial charge in [-0.2, -0.15) is 0 Å². The zero-order chi connectivity index (χ0) is 12.0. The summed E-state index contributed by atoms with van der Waals surface area (Å²) in [7, 11) is 0. The zero-order valence-electron chi connectivity index (χ0n) is 9.40. The van der Waals surface area contributed by atoms with E-state index in [1.54, 1.807) is 12.1 Å². The average Bonchev–Trinajstić information content (AvgIpc) is 2.89. The van der Waals surface area contributed by atoms with Crippen LogP contribution in [0, 0.1) is 11.7 Å². The molecular formula is C13H14FNO2. The number of rotatable bonds is 2. The smallest absolute Gasteiger partial charge is 0.340 e. The van der Waals surface area contributed by atoms with Gasteiger partial charge in [0.2, 0.25) is 0 Å². The van der Waals surface area contributed by atoms with Crippen LogP contribution in [0.3, 0.4) is 0 Å². The topological polar surface area (TPSA) is 40.5 Å². The highest BCUT2D eigenvalue weighted by Gasteiger charge is 2.39. The molecule has 2 bridgehead atoms. The van der Waals surface area contributed by atoms with E-state index in [1.165, 1.54) is 12.5 Å². The molecule has 1 saturated heterocycles. The SMILES string of the molecule is O=C(O)c1c(F)cccc1N1CC2CCC1C2. The second-order valence-corrected chi connectivity index (χ2v) is 4.92. The van der Waals surface area contributed by atoms with E-state index in [9.17, 15) is 9.18 Å². The van der Waals surface area contributed by atoms with Crippen LogP contribution in [-0.4, -0.2) is 23.7 Å². The molecule has 1 saturated carbocycles. The van der Waals surface area contributed by atoms with Gasteiger partial charge in [-0.05, 0) is 37.3 Å². The van der Waals surface area contributed by atoms with E-state index in [4.69, 9.17) is 5.11 Å². The van der Waals surface area contributed by atoms with E-state index < -0.39 is 11.8 Å². The number of carboxylic acids is 1. The zero-order valence-corrected chi connectivity index (χ0v) is 9.40. The van der Waals surface area contributed by atoms with Crippen molar-refractivity contribution in [2.75, 3.05) is 11.4 Å². The number of piperidine rings is 1. The van der Waals surface area contributed by atoms with Gasteiger partial charge >= 0.3 is 5.97 Å². The van der Waals surface area contributed by atoms with Crippen molar-refractivity contribution >= 4 is 11.7 Å². The lowest BCUT2D eigenvalue weighted by atomic mass is 10.1. The van der Waals surface area contributed by atoms with Gasteiger partial charge in [0.1, 0.15) is 11.4 Å². The fourth-order valence-corrected chi connectivity index (χ4v) is 3.18. The van der Waals surface area contributed by atoms with E-state index in [0.717, 1.165) is 19.4 Å². The quantitative estimate of drug-likeness (QED) is 0.856. The predicted octanol–water partition coefficient (Wildman–Crippen LogP) is 2.51. The third kappa shape index (κ3) is 1.59. The van der Waals surface area contributed by atoms with Crippen LogP contribution in [0.1, 0.15) is 29.6 Å². The molecule has 4 heteroatoms. The minimum atomic E-state index is -1.18. The minimum Gasteiger partial charge on any atom is -0.478 e. The average molecular weight is 235 g/mol. The van der Waals surface area contributed by atoms with Crippen LogP contribution in [0.2, 0.25) is 0 Å². The van der Waals surface area contributed by atoms with Crippen LogP contribution in [0.15, 0.2) is 18.2 Å². The fraction of sp³-hybridized carbons (Fsp3) is 0.462. The Kier molecular flexibility index (Phi) is 2.31. The van der Waals surface area contributed by atoms with Crippen molar-refractivity contribution in [2.45, 2.75) is 25.3 Å². The number of carbonyl (C=O) groups is 1. The van der Waals surface area contributed by atoms with Crippen molar-refractivity contribution in [3.63, 3.8) is 0 Å². The van der Waals surface area contributed by atoms with Crippen molar-refractivity contribution in [3.8, 4) is 0 Å². The molecule has 3 rings (SSSR count). The highest BCUT2D eigenvalue weighted by atomic mass is 19.1. The molecule has 2 aliphatic rings. The Bertz CT molecular complexity index is 474. The first-order chi connectivity index (χ1) is 8.16. The molecule has 0 amide bonds. The maximum absolute atomic E-state index is 13.6. The Hall–Kier alpha value is -1.58. The predicted molar refractivity (Wildman–Crippen MR) is 61.8 cm³/mol. The van der Waals surface area contributed by atoms with Crippen LogP contribution in [0.5, 0.6) is 0 Å². The number of halogens is 1. The first kappa shape index (κ1) is 10.6. The molecule has 0 radical (unpaired) electrons. The van der Waals surface area contributed by atoms with Gasteiger partial charge < -0.3 is 10.0 Å². The van der Waals surface area contributed by atoms with Crippen molar-refractivity contribution in [2.24, 2.45) is 5.92 Å². The molecule has 1 N–H and O–H groups in total. The number of nitrogens with zero attached hydrogens (tertiary/aromatic N) is 1. The molecule has 17 heavy (non-hydrogen) atoms. The second kappa shape index (κ2) is 3.72. The first-order valence-electron chi connectivity index (χ1n) is 5.95. The molecule has 2 fully saturated rings. The molecule has 1 aliphatic carbocycles. The third-order valence-corrected chi connectivity index (χ3v) is 3.92. The summed E-state index contributed by atoms with van der Waals surface area (Å²) in [6.45, 7) is 0.869. The summed E-state index contributed by atoms with van der Waals surface area (Å²) in [5.74, 6) is -1.16. The van der Waals surface area contributed by atoms with Crippen LogP contribution < -0.4 is 4.90 Å². The molecule has 2 unspecified atom stereocenters. The van der Waals surface area contributed by atoms with Crippen molar-refractivity contribution in [1.82, 2.24) is 0 Å². The fourth-order valence-electron chi connectivity index (χ4n) is 3.18. The molecule has 1 heterocycles. The molecular weight excluding hydrogens is 221 g/mol. The van der Waals surface area contributed by atoms with Crippen LogP contribution in [0.25, 0.3) is 0 Å². The van der Waals surface area contributed by atoms with Gasteiger partial charge in [0.25, 0.3) is 0 Å². The van der Waals surface area contributed by atoms with E-state index >= 15 is 0 Å². The minimum absolute atomic E-state index is 0.181. The number of hydrogen-bond acceptors (Lipinski definition) is 2. The standard InChI is InChI=1S/C13H14FNO2/c14-10-2-1-3-11(12(10)13(16)17)15-7-8-4-5-9(15)6-8/h1-3,8-9H,4-7H2,(H,16,17). The van der Waals surface area contributed by atoms with E-state index in [1.807, 2.05) is 0 Å². The Morgan fingerprint density at radius 3 is 2.82 bits per heavy atom. The van der Waals surface area contributed by atoms with Crippen molar-refractivity contribution in [1.29, 1.82) is 0 Å². The Morgan fingerprint density at radius 2 is 2.24 bits per heavy atom. The lowest BCUT2D eigenvalue weighted by Crippen LogP contribution is -2.33. The van der Waals surface area contributed by atoms with E-state index in [2.05, 4.69) is 4.90 Å². The number of benzene rings is 1. The van der Waals surface area contributed by atoms with Gasteiger partial charge in [-0.25, -0.2) is 9.18 Å². The number of anilines is 1. The Labute approximate surface area is 98.9 Å². The van der Waals surface area contributed by atoms with Crippen molar-refractivity contribution < 1.29 is 14.3 Å². The normalized spacial score (nSPS) is 26.5. The molecule has 3 nitrogen and oxygen atoms in total. The van der Waals surface area contributed by atoms with E-state index in [-0.39, 0.29) is 5.56 Å². The summed E-state index contributed by atoms with van der Waals surface area (Å²) in [6, 6.07) is 4.91. The largest absolute Gasteiger partial charge is 0.478 e. The summed E-state index contributed by atoms with van der Waals surface area (Å²) in [5, 5.41) is 9.11. The molecule has 1 aromatic carbocycles. The maximum Gasteiger partial charge on any atom is 0.340 e. The summed E-state index contributed by atoms with van der Waals surface area (Å²) >= 11 is 0. The van der Waals surface area contributed by atoms with Crippen LogP contribution in [-0.2, 0) is 0 Å². The highest BCUT2D eigenvalue weighted by molar-refractivity contribution is 5.95. The monoisotopic (exact) mass is 235 g/mol. The van der Waals surface area contributed by atoms with Gasteiger partial charge in [0.05, 0.1) is 5.69 Å². The maximum atomic E-state index is 13.6. The third-order valence-electron chi connectivity index (χ3n) is 3.92. The van der Waals surface area contributed by atoms with Gasteiger partial charge in [-0.15, -0.1) is 0 Å². The number of carboxylic acid groups (broad SMARTS) is 1. The number of aromatic carboxylic acids is 1. The molecule has 0 aromatic heterocycles. The highest BCUT2D eigenvalue weighted by Crippen LogP contribution is 2.41. The molecule has 1 aliphatic heterocycles. The summed E-state index contributed by atoms with van der Waals surface area (Å²) in [4.78, 5) is 13.2. The lowest BCUT2D eigenvalue weighted by molar-refractivity contribution is 0.0692. The molecule has 90 valence electrons. The van der Waals surface area contributed by atoms with Crippen LogP contribution in [0.4, 0.5) is 10.1 Å². The Balaban J connectivity index is 2.03. The number of fused-ring (bicyclic) bond motifs is 2. The van der Waals surface area contributed by atoms with Crippen molar-refractivity contribution in [3.05, 3.63) is 29.6 Å². The van der Waals surface area contributed by atoms with E-state index in [0.29, 0.717) is 17.6 Å².